The van der Waals surface area contributed by atoms with Gasteiger partial charge in [0.05, 0.1) is 27.1 Å². The van der Waals surface area contributed by atoms with Crippen molar-refractivity contribution in [1.29, 1.82) is 0 Å². The molecule has 0 fully saturated rings. The van der Waals surface area contributed by atoms with Crippen LogP contribution in [0.15, 0.2) is 48.5 Å². The maximum atomic E-state index is 12.5. The second-order valence-corrected chi connectivity index (χ2v) is 8.81. The number of aryl methyl sites for hydroxylation is 1. The molecule has 1 amide bonds. The molecule has 2 heterocycles. The largest absolute Gasteiger partial charge is 0.451 e. The lowest BCUT2D eigenvalue weighted by atomic mass is 10.3. The van der Waals surface area contributed by atoms with Gasteiger partial charge >= 0.3 is 5.97 Å². The minimum absolute atomic E-state index is 0.271. The Morgan fingerprint density at radius 1 is 1.10 bits per heavy atom. The van der Waals surface area contributed by atoms with E-state index in [2.05, 4.69) is 10.4 Å². The van der Waals surface area contributed by atoms with Crippen LogP contribution in [0.25, 0.3) is 15.9 Å². The van der Waals surface area contributed by atoms with E-state index >= 15 is 0 Å². The van der Waals surface area contributed by atoms with E-state index in [1.165, 1.54) is 11.3 Å². The van der Waals surface area contributed by atoms with E-state index in [4.69, 9.17) is 39.5 Å². The molecular weight excluding hydrogens is 481 g/mol. The van der Waals surface area contributed by atoms with E-state index in [-0.39, 0.29) is 5.69 Å². The van der Waals surface area contributed by atoms with Crippen LogP contribution in [0.3, 0.4) is 0 Å². The smallest absolute Gasteiger partial charge is 0.348 e. The van der Waals surface area contributed by atoms with Gasteiger partial charge in [-0.05, 0) is 49.4 Å². The number of benzene rings is 2. The quantitative estimate of drug-likeness (QED) is 0.338. The number of para-hydroxylation sites is 1. The summed E-state index contributed by atoms with van der Waals surface area (Å²) in [4.78, 5) is 25.8. The lowest BCUT2D eigenvalue weighted by Crippen LogP contribution is -2.21. The van der Waals surface area contributed by atoms with Gasteiger partial charge in [-0.15, -0.1) is 11.3 Å². The van der Waals surface area contributed by atoms with Crippen molar-refractivity contribution < 1.29 is 14.3 Å². The molecule has 0 unspecified atom stereocenters. The number of nitrogens with zero attached hydrogens (tertiary/aromatic N) is 2. The topological polar surface area (TPSA) is 73.2 Å². The van der Waals surface area contributed by atoms with Crippen molar-refractivity contribution in [1.82, 2.24) is 9.78 Å². The van der Waals surface area contributed by atoms with Crippen molar-refractivity contribution in [3.8, 4) is 5.69 Å². The molecule has 4 aromatic rings. The summed E-state index contributed by atoms with van der Waals surface area (Å²) >= 11 is 19.3. The van der Waals surface area contributed by atoms with E-state index in [0.717, 1.165) is 21.6 Å². The van der Waals surface area contributed by atoms with Gasteiger partial charge in [-0.25, -0.2) is 9.48 Å². The van der Waals surface area contributed by atoms with Crippen molar-refractivity contribution in [2.75, 3.05) is 11.9 Å². The van der Waals surface area contributed by atoms with Crippen LogP contribution in [0.5, 0.6) is 0 Å². The van der Waals surface area contributed by atoms with Crippen LogP contribution in [0.2, 0.25) is 15.1 Å². The number of fused-ring (bicyclic) bond motifs is 1. The zero-order valence-electron chi connectivity index (χ0n) is 16.0. The zero-order valence-corrected chi connectivity index (χ0v) is 19.1. The van der Waals surface area contributed by atoms with Gasteiger partial charge in [0.2, 0.25) is 0 Å². The molecule has 4 rings (SSSR count). The number of halogens is 3. The SMILES string of the molecule is Cc1nn(-c2ccc(Cl)cc2)c2sc(C(=O)OCC(=O)Nc3c(Cl)cccc3Cl)cc12. The summed E-state index contributed by atoms with van der Waals surface area (Å²) in [7, 11) is 0. The number of anilines is 1. The Labute approximate surface area is 196 Å². The number of carbonyl (C=O) groups excluding carboxylic acids is 2. The zero-order chi connectivity index (χ0) is 22.1. The first kappa shape index (κ1) is 21.6. The molecule has 2 aromatic carbocycles. The van der Waals surface area contributed by atoms with E-state index in [1.54, 1.807) is 41.1 Å². The Hall–Kier alpha value is -2.58. The molecule has 158 valence electrons. The number of amides is 1. The van der Waals surface area contributed by atoms with Crippen LogP contribution in [0.4, 0.5) is 5.69 Å². The van der Waals surface area contributed by atoms with E-state index in [0.29, 0.717) is 19.9 Å². The molecule has 0 saturated heterocycles. The van der Waals surface area contributed by atoms with Gasteiger partial charge in [0.25, 0.3) is 5.91 Å². The van der Waals surface area contributed by atoms with Gasteiger partial charge in [-0.3, -0.25) is 4.79 Å². The second-order valence-electron chi connectivity index (χ2n) is 6.52. The Morgan fingerprint density at radius 3 is 2.45 bits per heavy atom. The van der Waals surface area contributed by atoms with Gasteiger partial charge < -0.3 is 10.1 Å². The molecule has 1 N–H and O–H groups in total. The Kier molecular flexibility index (Phi) is 6.20. The van der Waals surface area contributed by atoms with Gasteiger partial charge in [-0.2, -0.15) is 5.10 Å². The molecule has 6 nitrogen and oxygen atoms in total. The van der Waals surface area contributed by atoms with E-state index in [9.17, 15) is 9.59 Å². The summed E-state index contributed by atoms with van der Waals surface area (Å²) in [5, 5.41) is 9.11. The Bertz CT molecular complexity index is 1280. The van der Waals surface area contributed by atoms with Crippen molar-refractivity contribution in [2.24, 2.45) is 0 Å². The number of hydrogen-bond donors (Lipinski definition) is 1. The van der Waals surface area contributed by atoms with Crippen molar-refractivity contribution in [3.63, 3.8) is 0 Å². The predicted octanol–water partition coefficient (Wildman–Crippen LogP) is 6.15. The van der Waals surface area contributed by atoms with Crippen molar-refractivity contribution >= 4 is 73.9 Å². The summed E-state index contributed by atoms with van der Waals surface area (Å²) in [6, 6.07) is 13.8. The third-order valence-corrected chi connectivity index (χ3v) is 6.35. The summed E-state index contributed by atoms with van der Waals surface area (Å²) in [6.07, 6.45) is 0. The molecule has 2 aromatic heterocycles. The van der Waals surface area contributed by atoms with E-state index in [1.807, 2.05) is 19.1 Å². The molecule has 0 atom stereocenters. The fraction of sp³-hybridized carbons (Fsp3) is 0.0952. The van der Waals surface area contributed by atoms with Gasteiger partial charge in [0, 0.05) is 10.4 Å². The molecule has 0 spiro atoms. The number of carbonyl (C=O) groups is 2. The summed E-state index contributed by atoms with van der Waals surface area (Å²) < 4.78 is 6.91. The van der Waals surface area contributed by atoms with Crippen LogP contribution in [-0.4, -0.2) is 28.3 Å². The standard InChI is InChI=1S/C21H14Cl3N3O3S/c1-11-14-9-17(31-20(14)27(26-11)13-7-5-12(22)6-8-13)21(29)30-10-18(28)25-19-15(23)3-2-4-16(19)24/h2-9H,10H2,1H3,(H,25,28). The van der Waals surface area contributed by atoms with Crippen LogP contribution >= 0.6 is 46.1 Å². The third-order valence-electron chi connectivity index (χ3n) is 4.38. The number of nitrogens with one attached hydrogen (secondary N) is 1. The molecule has 0 bridgehead atoms. The summed E-state index contributed by atoms with van der Waals surface area (Å²) in [5.41, 5.74) is 1.86. The Balaban J connectivity index is 1.49. The highest BCUT2D eigenvalue weighted by atomic mass is 35.5. The lowest BCUT2D eigenvalue weighted by molar-refractivity contribution is -0.119. The molecule has 0 aliphatic rings. The Morgan fingerprint density at radius 2 is 1.77 bits per heavy atom. The minimum Gasteiger partial charge on any atom is -0.451 e. The maximum absolute atomic E-state index is 12.5. The van der Waals surface area contributed by atoms with Crippen molar-refractivity contribution in [2.45, 2.75) is 6.92 Å². The molecular formula is C21H14Cl3N3O3S. The van der Waals surface area contributed by atoms with Gasteiger partial charge in [-0.1, -0.05) is 40.9 Å². The molecule has 31 heavy (non-hydrogen) atoms. The molecule has 0 saturated carbocycles. The third kappa shape index (κ3) is 4.55. The fourth-order valence-electron chi connectivity index (χ4n) is 2.90. The average Bonchev–Trinajstić information content (AvgIpc) is 3.30. The molecule has 0 aliphatic carbocycles. The normalized spacial score (nSPS) is 11.0. The number of rotatable bonds is 5. The van der Waals surface area contributed by atoms with E-state index < -0.39 is 18.5 Å². The average molecular weight is 495 g/mol. The molecule has 0 radical (unpaired) electrons. The molecule has 10 heteroatoms. The monoisotopic (exact) mass is 493 g/mol. The van der Waals surface area contributed by atoms with Crippen LogP contribution < -0.4 is 5.32 Å². The minimum atomic E-state index is -0.608. The highest BCUT2D eigenvalue weighted by Gasteiger charge is 2.19. The molecule has 0 aliphatic heterocycles. The first-order valence-corrected chi connectivity index (χ1v) is 10.9. The van der Waals surface area contributed by atoms with Crippen LogP contribution in [0, 0.1) is 6.92 Å². The van der Waals surface area contributed by atoms with Gasteiger partial charge in [0.15, 0.2) is 6.61 Å². The van der Waals surface area contributed by atoms with Crippen molar-refractivity contribution in [3.05, 3.63) is 74.2 Å². The number of ether oxygens (including phenoxy) is 1. The first-order chi connectivity index (χ1) is 14.8. The number of thiophene rings is 1. The van der Waals surface area contributed by atoms with Gasteiger partial charge in [0.1, 0.15) is 9.71 Å². The summed E-state index contributed by atoms with van der Waals surface area (Å²) in [5.74, 6) is -1.16. The second kappa shape index (κ2) is 8.88. The number of aromatic nitrogens is 2. The van der Waals surface area contributed by atoms with Crippen LogP contribution in [-0.2, 0) is 9.53 Å². The number of esters is 1. The van der Waals surface area contributed by atoms with Crippen LogP contribution in [0.1, 0.15) is 15.4 Å². The highest BCUT2D eigenvalue weighted by molar-refractivity contribution is 7.20. The highest BCUT2D eigenvalue weighted by Crippen LogP contribution is 2.32. The number of hydrogen-bond acceptors (Lipinski definition) is 5. The first-order valence-electron chi connectivity index (χ1n) is 8.99. The maximum Gasteiger partial charge on any atom is 0.348 e. The fourth-order valence-corrected chi connectivity index (χ4v) is 4.59. The summed E-state index contributed by atoms with van der Waals surface area (Å²) in [6.45, 7) is 1.38. The lowest BCUT2D eigenvalue weighted by Gasteiger charge is -2.09. The predicted molar refractivity (Wildman–Crippen MR) is 124 cm³/mol.